The maximum atomic E-state index is 12.7. The molecular formula is C18H18Cl2N2O3S. The lowest BCUT2D eigenvalue weighted by Crippen LogP contribution is -2.28. The quantitative estimate of drug-likeness (QED) is 0.766. The van der Waals surface area contributed by atoms with Crippen LogP contribution in [-0.2, 0) is 16.6 Å². The molecule has 0 radical (unpaired) electrons. The normalized spacial score (nSPS) is 15.9. The molecule has 1 heterocycles. The lowest BCUT2D eigenvalue weighted by atomic mass is 10.1. The molecule has 1 aliphatic rings. The Hall–Kier alpha value is -1.76. The van der Waals surface area contributed by atoms with Crippen molar-refractivity contribution in [3.63, 3.8) is 0 Å². The largest absolute Gasteiger partial charge is 0.337 e. The van der Waals surface area contributed by atoms with Crippen LogP contribution in [-0.4, -0.2) is 38.6 Å². The van der Waals surface area contributed by atoms with Crippen LogP contribution < -0.4 is 4.31 Å². The predicted molar refractivity (Wildman–Crippen MR) is 104 cm³/mol. The summed E-state index contributed by atoms with van der Waals surface area (Å²) in [5.74, 6) is -0.0582. The number of carbonyl (C=O) groups is 1. The molecule has 1 saturated heterocycles. The van der Waals surface area contributed by atoms with E-state index >= 15 is 0 Å². The minimum absolute atomic E-state index is 0.141. The maximum absolute atomic E-state index is 12.7. The fraction of sp³-hybridized carbons (Fsp3) is 0.278. The zero-order valence-electron chi connectivity index (χ0n) is 14.2. The van der Waals surface area contributed by atoms with Crippen molar-refractivity contribution >= 4 is 44.8 Å². The number of halogens is 2. The smallest absolute Gasteiger partial charge is 0.253 e. The summed E-state index contributed by atoms with van der Waals surface area (Å²) < 4.78 is 25.5. The van der Waals surface area contributed by atoms with Crippen LogP contribution in [0.3, 0.4) is 0 Å². The number of hydrogen-bond donors (Lipinski definition) is 0. The summed E-state index contributed by atoms with van der Waals surface area (Å²) in [6.07, 6.45) is 0.595. The third-order valence-electron chi connectivity index (χ3n) is 4.23. The topological polar surface area (TPSA) is 57.7 Å². The van der Waals surface area contributed by atoms with Crippen molar-refractivity contribution in [1.82, 2.24) is 4.90 Å². The number of anilines is 1. The molecule has 0 N–H and O–H groups in total. The second kappa shape index (κ2) is 7.47. The molecule has 0 atom stereocenters. The van der Waals surface area contributed by atoms with E-state index in [0.717, 1.165) is 5.56 Å². The summed E-state index contributed by atoms with van der Waals surface area (Å²) in [6, 6.07) is 11.9. The van der Waals surface area contributed by atoms with Crippen LogP contribution in [0.15, 0.2) is 42.5 Å². The van der Waals surface area contributed by atoms with Gasteiger partial charge < -0.3 is 4.90 Å². The molecule has 1 aliphatic heterocycles. The van der Waals surface area contributed by atoms with Crippen LogP contribution >= 0.6 is 23.2 Å². The zero-order chi connectivity index (χ0) is 18.9. The number of sulfonamides is 1. The Morgan fingerprint density at radius 2 is 1.92 bits per heavy atom. The highest BCUT2D eigenvalue weighted by Crippen LogP contribution is 2.26. The number of amides is 1. The van der Waals surface area contributed by atoms with E-state index in [-0.39, 0.29) is 11.7 Å². The van der Waals surface area contributed by atoms with Crippen molar-refractivity contribution in [2.45, 2.75) is 13.0 Å². The first-order valence-electron chi connectivity index (χ1n) is 8.08. The van der Waals surface area contributed by atoms with Gasteiger partial charge in [0.25, 0.3) is 5.91 Å². The van der Waals surface area contributed by atoms with E-state index in [4.69, 9.17) is 23.2 Å². The summed E-state index contributed by atoms with van der Waals surface area (Å²) in [7, 11) is -1.59. The molecule has 0 unspecified atom stereocenters. The Morgan fingerprint density at radius 3 is 2.58 bits per heavy atom. The molecule has 0 bridgehead atoms. The van der Waals surface area contributed by atoms with Gasteiger partial charge in [0.05, 0.1) is 21.5 Å². The van der Waals surface area contributed by atoms with Crippen molar-refractivity contribution in [2.75, 3.05) is 23.7 Å². The SMILES string of the molecule is CN(Cc1ccc(Cl)c(Cl)c1)C(=O)c1cccc(N2CCCS2(=O)=O)c1. The van der Waals surface area contributed by atoms with Crippen LogP contribution in [0.5, 0.6) is 0 Å². The Balaban J connectivity index is 1.79. The Bertz CT molecular complexity index is 947. The van der Waals surface area contributed by atoms with Gasteiger partial charge in [0.2, 0.25) is 10.0 Å². The fourth-order valence-electron chi connectivity index (χ4n) is 2.93. The molecule has 2 aromatic carbocycles. The van der Waals surface area contributed by atoms with Gasteiger partial charge in [-0.1, -0.05) is 35.3 Å². The minimum atomic E-state index is -3.28. The molecule has 3 rings (SSSR count). The van der Waals surface area contributed by atoms with Gasteiger partial charge >= 0.3 is 0 Å². The monoisotopic (exact) mass is 412 g/mol. The first kappa shape index (κ1) is 19.0. The summed E-state index contributed by atoms with van der Waals surface area (Å²) in [5, 5.41) is 0.898. The highest BCUT2D eigenvalue weighted by atomic mass is 35.5. The van der Waals surface area contributed by atoms with E-state index in [1.54, 1.807) is 48.3 Å². The summed E-state index contributed by atoms with van der Waals surface area (Å²) in [5.41, 5.74) is 1.82. The first-order chi connectivity index (χ1) is 12.3. The van der Waals surface area contributed by atoms with E-state index in [1.807, 2.05) is 6.07 Å². The van der Waals surface area contributed by atoms with Gasteiger partial charge in [-0.15, -0.1) is 0 Å². The van der Waals surface area contributed by atoms with Gasteiger partial charge in [-0.25, -0.2) is 8.42 Å². The molecule has 2 aromatic rings. The second-order valence-electron chi connectivity index (χ2n) is 6.20. The molecule has 26 heavy (non-hydrogen) atoms. The van der Waals surface area contributed by atoms with Crippen molar-refractivity contribution < 1.29 is 13.2 Å². The first-order valence-corrected chi connectivity index (χ1v) is 10.4. The number of rotatable bonds is 4. The summed E-state index contributed by atoms with van der Waals surface area (Å²) in [6.45, 7) is 0.807. The molecule has 0 saturated carbocycles. The van der Waals surface area contributed by atoms with Gasteiger partial charge in [-0.3, -0.25) is 9.10 Å². The highest BCUT2D eigenvalue weighted by molar-refractivity contribution is 7.93. The average Bonchev–Trinajstić information content (AvgIpc) is 2.96. The lowest BCUT2D eigenvalue weighted by Gasteiger charge is -2.20. The standard InChI is InChI=1S/C18H18Cl2N2O3S/c1-21(12-13-6-7-16(19)17(20)10-13)18(23)14-4-2-5-15(11-14)22-8-3-9-26(22,24)25/h2,4-7,10-11H,3,8-9,12H2,1H3. The Kier molecular flexibility index (Phi) is 5.46. The van der Waals surface area contributed by atoms with Crippen molar-refractivity contribution in [3.8, 4) is 0 Å². The molecule has 1 fully saturated rings. The van der Waals surface area contributed by atoms with Gasteiger partial charge in [0.1, 0.15) is 0 Å². The van der Waals surface area contributed by atoms with E-state index in [1.165, 1.54) is 4.31 Å². The van der Waals surface area contributed by atoms with Crippen molar-refractivity contribution in [2.24, 2.45) is 0 Å². The third kappa shape index (κ3) is 3.98. The highest BCUT2D eigenvalue weighted by Gasteiger charge is 2.28. The van der Waals surface area contributed by atoms with E-state index in [9.17, 15) is 13.2 Å². The molecule has 0 spiro atoms. The molecular weight excluding hydrogens is 395 g/mol. The minimum Gasteiger partial charge on any atom is -0.337 e. The molecule has 0 aliphatic carbocycles. The van der Waals surface area contributed by atoms with Crippen LogP contribution in [0.1, 0.15) is 22.3 Å². The van der Waals surface area contributed by atoms with Gasteiger partial charge in [0, 0.05) is 25.7 Å². The average molecular weight is 413 g/mol. The van der Waals surface area contributed by atoms with Crippen LogP contribution in [0.4, 0.5) is 5.69 Å². The van der Waals surface area contributed by atoms with Crippen LogP contribution in [0.2, 0.25) is 10.0 Å². The zero-order valence-corrected chi connectivity index (χ0v) is 16.5. The second-order valence-corrected chi connectivity index (χ2v) is 9.03. The molecule has 138 valence electrons. The van der Waals surface area contributed by atoms with Crippen molar-refractivity contribution in [1.29, 1.82) is 0 Å². The van der Waals surface area contributed by atoms with Gasteiger partial charge in [-0.05, 0) is 42.3 Å². The number of benzene rings is 2. The number of nitrogens with zero attached hydrogens (tertiary/aromatic N) is 2. The van der Waals surface area contributed by atoms with E-state index in [0.29, 0.717) is 40.8 Å². The lowest BCUT2D eigenvalue weighted by molar-refractivity contribution is 0.0785. The molecule has 5 nitrogen and oxygen atoms in total. The van der Waals surface area contributed by atoms with E-state index in [2.05, 4.69) is 0 Å². The molecule has 1 amide bonds. The Labute approximate surface area is 163 Å². The maximum Gasteiger partial charge on any atom is 0.253 e. The van der Waals surface area contributed by atoms with Crippen molar-refractivity contribution in [3.05, 3.63) is 63.6 Å². The summed E-state index contributed by atoms with van der Waals surface area (Å²) in [4.78, 5) is 14.3. The van der Waals surface area contributed by atoms with Gasteiger partial charge in [0.15, 0.2) is 0 Å². The number of carbonyl (C=O) groups excluding carboxylic acids is 1. The number of hydrogen-bond acceptors (Lipinski definition) is 3. The van der Waals surface area contributed by atoms with Crippen LogP contribution in [0.25, 0.3) is 0 Å². The third-order valence-corrected chi connectivity index (χ3v) is 6.84. The van der Waals surface area contributed by atoms with Gasteiger partial charge in [-0.2, -0.15) is 0 Å². The Morgan fingerprint density at radius 1 is 1.15 bits per heavy atom. The van der Waals surface area contributed by atoms with E-state index < -0.39 is 10.0 Å². The van der Waals surface area contributed by atoms with Crippen LogP contribution in [0, 0.1) is 0 Å². The predicted octanol–water partition coefficient (Wildman–Crippen LogP) is 3.81. The molecule has 0 aromatic heterocycles. The molecule has 8 heteroatoms. The fourth-order valence-corrected chi connectivity index (χ4v) is 4.80. The summed E-state index contributed by atoms with van der Waals surface area (Å²) >= 11 is 11.9.